The number of aromatic carboxylic acids is 1. The quantitative estimate of drug-likeness (QED) is 0.913. The first-order chi connectivity index (χ1) is 11.0. The highest BCUT2D eigenvalue weighted by Crippen LogP contribution is 2.49. The number of likely N-dealkylation sites (tertiary alicyclic amines) is 1. The molecule has 2 fully saturated rings. The smallest absolute Gasteiger partial charge is 0.335 e. The largest absolute Gasteiger partial charge is 0.478 e. The highest BCUT2D eigenvalue weighted by atomic mass is 16.4. The predicted molar refractivity (Wildman–Crippen MR) is 86.4 cm³/mol. The van der Waals surface area contributed by atoms with E-state index in [0.29, 0.717) is 23.4 Å². The first kappa shape index (κ1) is 14.7. The zero-order valence-corrected chi connectivity index (χ0v) is 13.5. The van der Waals surface area contributed by atoms with E-state index in [4.69, 9.17) is 5.11 Å². The van der Waals surface area contributed by atoms with Crippen LogP contribution in [0, 0.1) is 11.3 Å². The monoisotopic (exact) mass is 313 g/mol. The van der Waals surface area contributed by atoms with Crippen LogP contribution in [0.1, 0.15) is 54.1 Å². The molecule has 2 atom stereocenters. The number of hydrogen-bond acceptors (Lipinski definition) is 2. The van der Waals surface area contributed by atoms with E-state index in [2.05, 4.69) is 11.8 Å². The van der Waals surface area contributed by atoms with Crippen molar-refractivity contribution >= 4 is 11.9 Å². The Kier molecular flexibility index (Phi) is 3.26. The number of fused-ring (bicyclic) bond motifs is 1. The van der Waals surface area contributed by atoms with E-state index in [0.717, 1.165) is 49.8 Å². The van der Waals surface area contributed by atoms with Gasteiger partial charge in [0.25, 0.3) is 0 Å². The van der Waals surface area contributed by atoms with Gasteiger partial charge in [0.15, 0.2) is 0 Å². The third-order valence-corrected chi connectivity index (χ3v) is 6.42. The lowest BCUT2D eigenvalue weighted by Crippen LogP contribution is -2.46. The lowest BCUT2D eigenvalue weighted by molar-refractivity contribution is -0.140. The second-order valence-corrected chi connectivity index (χ2v) is 7.56. The summed E-state index contributed by atoms with van der Waals surface area (Å²) in [6.45, 7) is 3.11. The van der Waals surface area contributed by atoms with Gasteiger partial charge in [-0.05, 0) is 67.7 Å². The number of carbonyl (C=O) groups excluding carboxylic acids is 1. The van der Waals surface area contributed by atoms with Gasteiger partial charge in [-0.1, -0.05) is 13.0 Å². The minimum atomic E-state index is -0.880. The van der Waals surface area contributed by atoms with Crippen LogP contribution in [0.4, 0.5) is 0 Å². The van der Waals surface area contributed by atoms with Crippen LogP contribution in [-0.2, 0) is 17.6 Å². The van der Waals surface area contributed by atoms with Crippen LogP contribution < -0.4 is 0 Å². The molecule has 1 spiro atoms. The number of carbonyl (C=O) groups is 2. The van der Waals surface area contributed by atoms with E-state index < -0.39 is 5.97 Å². The van der Waals surface area contributed by atoms with Gasteiger partial charge in [-0.25, -0.2) is 4.79 Å². The van der Waals surface area contributed by atoms with E-state index in [9.17, 15) is 9.59 Å². The topological polar surface area (TPSA) is 57.6 Å². The second kappa shape index (κ2) is 5.08. The molecule has 4 nitrogen and oxygen atoms in total. The number of benzene rings is 1. The zero-order chi connectivity index (χ0) is 16.2. The minimum Gasteiger partial charge on any atom is -0.478 e. The summed E-state index contributed by atoms with van der Waals surface area (Å²) in [6, 6.07) is 5.86. The first-order valence-electron chi connectivity index (χ1n) is 8.67. The van der Waals surface area contributed by atoms with Crippen LogP contribution in [0.15, 0.2) is 18.2 Å². The molecule has 1 heterocycles. The summed E-state index contributed by atoms with van der Waals surface area (Å²) in [4.78, 5) is 26.4. The molecule has 1 saturated heterocycles. The van der Waals surface area contributed by atoms with Crippen LogP contribution >= 0.6 is 0 Å². The summed E-state index contributed by atoms with van der Waals surface area (Å²) >= 11 is 0. The maximum Gasteiger partial charge on any atom is 0.335 e. The Morgan fingerprint density at radius 3 is 2.74 bits per heavy atom. The molecule has 1 saturated carbocycles. The van der Waals surface area contributed by atoms with Gasteiger partial charge in [0.2, 0.25) is 5.91 Å². The molecular weight excluding hydrogens is 290 g/mol. The van der Waals surface area contributed by atoms with Crippen molar-refractivity contribution in [3.8, 4) is 0 Å². The van der Waals surface area contributed by atoms with Crippen molar-refractivity contribution in [3.63, 3.8) is 0 Å². The van der Waals surface area contributed by atoms with Crippen LogP contribution in [0.2, 0.25) is 0 Å². The van der Waals surface area contributed by atoms with E-state index in [-0.39, 0.29) is 5.41 Å². The van der Waals surface area contributed by atoms with Crippen molar-refractivity contribution in [2.24, 2.45) is 11.3 Å². The summed E-state index contributed by atoms with van der Waals surface area (Å²) in [5.41, 5.74) is 2.36. The Balaban J connectivity index is 1.63. The van der Waals surface area contributed by atoms with Gasteiger partial charge in [0, 0.05) is 12.6 Å². The number of carboxylic acid groups (broad SMARTS) is 1. The molecule has 2 aliphatic carbocycles. The molecule has 1 aromatic carbocycles. The van der Waals surface area contributed by atoms with Crippen molar-refractivity contribution in [3.05, 3.63) is 34.9 Å². The molecule has 0 bridgehead atoms. The van der Waals surface area contributed by atoms with Gasteiger partial charge in [-0.2, -0.15) is 0 Å². The fourth-order valence-electron chi connectivity index (χ4n) is 4.62. The van der Waals surface area contributed by atoms with Crippen molar-refractivity contribution in [2.45, 2.75) is 51.5 Å². The fraction of sp³-hybridized carbons (Fsp3) is 0.579. The molecule has 23 heavy (non-hydrogen) atoms. The Morgan fingerprint density at radius 2 is 2.09 bits per heavy atom. The van der Waals surface area contributed by atoms with E-state index in [1.807, 2.05) is 6.07 Å². The summed E-state index contributed by atoms with van der Waals surface area (Å²) < 4.78 is 0. The maximum absolute atomic E-state index is 13.1. The third-order valence-electron chi connectivity index (χ3n) is 6.42. The van der Waals surface area contributed by atoms with E-state index in [1.54, 1.807) is 12.1 Å². The van der Waals surface area contributed by atoms with Crippen LogP contribution in [-0.4, -0.2) is 34.5 Å². The summed E-state index contributed by atoms with van der Waals surface area (Å²) in [6.07, 6.45) is 6.00. The molecule has 4 rings (SSSR count). The predicted octanol–water partition coefficient (Wildman–Crippen LogP) is 2.89. The molecule has 2 unspecified atom stereocenters. The number of aryl methyl sites for hydroxylation is 1. The Morgan fingerprint density at radius 1 is 1.30 bits per heavy atom. The molecule has 1 N–H and O–H groups in total. The standard InChI is InChI=1S/C19H23NO3/c1-12-11-20(16-3-2-4-16)18(23)19(12)8-7-13-9-14(17(21)22)5-6-15(13)10-19/h5-6,9,12,16H,2-4,7-8,10-11H2,1H3,(H,21,22). The van der Waals surface area contributed by atoms with Gasteiger partial charge >= 0.3 is 5.97 Å². The molecule has 1 aliphatic heterocycles. The van der Waals surface area contributed by atoms with Crippen LogP contribution in [0.5, 0.6) is 0 Å². The molecule has 0 aromatic heterocycles. The second-order valence-electron chi connectivity index (χ2n) is 7.56. The minimum absolute atomic E-state index is 0.257. The average molecular weight is 313 g/mol. The Hall–Kier alpha value is -1.84. The fourth-order valence-corrected chi connectivity index (χ4v) is 4.62. The SMILES string of the molecule is CC1CN(C2CCC2)C(=O)C12CCc1cc(C(=O)O)ccc1C2. The van der Waals surface area contributed by atoms with Gasteiger partial charge in [0.05, 0.1) is 11.0 Å². The van der Waals surface area contributed by atoms with E-state index >= 15 is 0 Å². The number of carboxylic acids is 1. The summed E-state index contributed by atoms with van der Waals surface area (Å²) in [5.74, 6) is -0.153. The van der Waals surface area contributed by atoms with Crippen LogP contribution in [0.3, 0.4) is 0 Å². The number of hydrogen-bond donors (Lipinski definition) is 1. The molecule has 1 aromatic rings. The lowest BCUT2D eigenvalue weighted by atomic mass is 9.66. The summed E-state index contributed by atoms with van der Waals surface area (Å²) in [5, 5.41) is 9.14. The molecule has 122 valence electrons. The van der Waals surface area contributed by atoms with Gasteiger partial charge < -0.3 is 10.0 Å². The normalized spacial score (nSPS) is 30.4. The van der Waals surface area contributed by atoms with E-state index in [1.165, 1.54) is 6.42 Å². The van der Waals surface area contributed by atoms with Crippen molar-refractivity contribution in [1.29, 1.82) is 0 Å². The lowest BCUT2D eigenvalue weighted by Gasteiger charge is -2.38. The number of amides is 1. The van der Waals surface area contributed by atoms with Crippen LogP contribution in [0.25, 0.3) is 0 Å². The van der Waals surface area contributed by atoms with Gasteiger partial charge in [0.1, 0.15) is 0 Å². The molecule has 0 radical (unpaired) electrons. The van der Waals surface area contributed by atoms with Crippen molar-refractivity contribution in [2.75, 3.05) is 6.54 Å². The Labute approximate surface area is 136 Å². The number of rotatable bonds is 2. The maximum atomic E-state index is 13.1. The highest BCUT2D eigenvalue weighted by Gasteiger charge is 2.54. The van der Waals surface area contributed by atoms with Crippen molar-refractivity contribution in [1.82, 2.24) is 4.90 Å². The third kappa shape index (κ3) is 2.11. The highest BCUT2D eigenvalue weighted by molar-refractivity contribution is 5.89. The average Bonchev–Trinajstić information content (AvgIpc) is 2.70. The van der Waals surface area contributed by atoms with Gasteiger partial charge in [-0.3, -0.25) is 4.79 Å². The van der Waals surface area contributed by atoms with Crippen molar-refractivity contribution < 1.29 is 14.7 Å². The molecular formula is C19H23NO3. The zero-order valence-electron chi connectivity index (χ0n) is 13.5. The first-order valence-corrected chi connectivity index (χ1v) is 8.67. The Bertz CT molecular complexity index is 679. The number of nitrogens with zero attached hydrogens (tertiary/aromatic N) is 1. The summed E-state index contributed by atoms with van der Waals surface area (Å²) in [7, 11) is 0. The molecule has 4 heteroatoms. The van der Waals surface area contributed by atoms with Gasteiger partial charge in [-0.15, -0.1) is 0 Å². The molecule has 1 amide bonds. The molecule has 3 aliphatic rings.